The molecular weight excluding hydrogens is 304 g/mol. The van der Waals surface area contributed by atoms with Crippen molar-refractivity contribution < 1.29 is 4.79 Å². The minimum Gasteiger partial charge on any atom is -0.289 e. The van der Waals surface area contributed by atoms with Crippen LogP contribution in [-0.2, 0) is 0 Å². The Labute approximate surface area is 155 Å². The Morgan fingerprint density at radius 1 is 0.720 bits per heavy atom. The summed E-state index contributed by atoms with van der Waals surface area (Å²) in [5, 5.41) is 0. The highest BCUT2D eigenvalue weighted by molar-refractivity contribution is 6.04. The zero-order chi connectivity index (χ0) is 18.0. The van der Waals surface area contributed by atoms with Crippen LogP contribution in [0, 0.1) is 0 Å². The third-order valence-electron chi connectivity index (χ3n) is 4.80. The van der Waals surface area contributed by atoms with Crippen molar-refractivity contribution in [3.05, 3.63) is 48.0 Å². The molecule has 0 N–H and O–H groups in total. The van der Waals surface area contributed by atoms with Gasteiger partial charge >= 0.3 is 0 Å². The van der Waals surface area contributed by atoms with Gasteiger partial charge in [-0.3, -0.25) is 4.79 Å². The van der Waals surface area contributed by atoms with Crippen molar-refractivity contribution in [3.63, 3.8) is 0 Å². The third-order valence-corrected chi connectivity index (χ3v) is 4.80. The molecule has 0 aliphatic carbocycles. The first-order chi connectivity index (χ1) is 12.3. The molecule has 0 aromatic heterocycles. The lowest BCUT2D eigenvalue weighted by atomic mass is 10.0. The molecule has 1 aromatic rings. The average Bonchev–Trinajstić information content (AvgIpc) is 2.65. The molecule has 1 nitrogen and oxygen atoms in total. The van der Waals surface area contributed by atoms with Crippen molar-refractivity contribution in [1.82, 2.24) is 0 Å². The van der Waals surface area contributed by atoms with Gasteiger partial charge in [-0.25, -0.2) is 0 Å². The molecule has 0 unspecified atom stereocenters. The van der Waals surface area contributed by atoms with Crippen molar-refractivity contribution in [3.8, 4) is 0 Å². The fourth-order valence-corrected chi connectivity index (χ4v) is 3.17. The highest BCUT2D eigenvalue weighted by Gasteiger charge is 1.98. The average molecular weight is 343 g/mol. The van der Waals surface area contributed by atoms with Crippen LogP contribution in [-0.4, -0.2) is 5.78 Å². The van der Waals surface area contributed by atoms with Crippen LogP contribution in [0.3, 0.4) is 0 Å². The normalized spacial score (nSPS) is 11.2. The first kappa shape index (κ1) is 21.7. The minimum atomic E-state index is 0.121. The number of ketones is 1. The minimum absolute atomic E-state index is 0.121. The number of hydrogen-bond acceptors (Lipinski definition) is 1. The maximum absolute atomic E-state index is 11.9. The number of benzene rings is 1. The molecule has 0 radical (unpaired) electrons. The lowest BCUT2D eigenvalue weighted by Gasteiger charge is -2.02. The lowest BCUT2D eigenvalue weighted by molar-refractivity contribution is 0.104. The van der Waals surface area contributed by atoms with Crippen molar-refractivity contribution in [1.29, 1.82) is 0 Å². The van der Waals surface area contributed by atoms with E-state index >= 15 is 0 Å². The van der Waals surface area contributed by atoms with Crippen molar-refractivity contribution >= 4 is 5.78 Å². The Bertz CT molecular complexity index is 446. The Hall–Kier alpha value is -1.37. The molecule has 0 fully saturated rings. The quantitative estimate of drug-likeness (QED) is 0.169. The molecule has 0 heterocycles. The predicted molar refractivity (Wildman–Crippen MR) is 110 cm³/mol. The molecule has 0 spiro atoms. The van der Waals surface area contributed by atoms with E-state index in [0.29, 0.717) is 0 Å². The van der Waals surface area contributed by atoms with Gasteiger partial charge < -0.3 is 0 Å². The van der Waals surface area contributed by atoms with Crippen LogP contribution < -0.4 is 0 Å². The fourth-order valence-electron chi connectivity index (χ4n) is 3.17. The van der Waals surface area contributed by atoms with E-state index in [9.17, 15) is 4.79 Å². The molecule has 140 valence electrons. The smallest absolute Gasteiger partial charge is 0.185 e. The molecule has 1 aromatic carbocycles. The summed E-state index contributed by atoms with van der Waals surface area (Å²) in [4.78, 5) is 11.9. The summed E-state index contributed by atoms with van der Waals surface area (Å²) in [5.41, 5.74) is 0.782. The first-order valence-corrected chi connectivity index (χ1v) is 10.6. The van der Waals surface area contributed by atoms with Gasteiger partial charge in [0.15, 0.2) is 5.78 Å². The van der Waals surface area contributed by atoms with E-state index in [1.807, 2.05) is 36.4 Å². The van der Waals surface area contributed by atoms with Gasteiger partial charge in [0.05, 0.1) is 0 Å². The molecule has 0 aliphatic heterocycles. The molecule has 0 amide bonds. The molecule has 0 atom stereocenters. The SMILES string of the molecule is CCCCCCCCCCCCCCCC=CC(=O)c1ccccc1. The third kappa shape index (κ3) is 12.6. The molecule has 0 aliphatic rings. The van der Waals surface area contributed by atoms with E-state index in [1.165, 1.54) is 83.5 Å². The van der Waals surface area contributed by atoms with Crippen LogP contribution in [0.15, 0.2) is 42.5 Å². The fraction of sp³-hybridized carbons (Fsp3) is 0.625. The molecular formula is C24H38O. The van der Waals surface area contributed by atoms with E-state index in [4.69, 9.17) is 0 Å². The molecule has 0 saturated heterocycles. The number of allylic oxidation sites excluding steroid dienone is 2. The Morgan fingerprint density at radius 3 is 1.72 bits per heavy atom. The summed E-state index contributed by atoms with van der Waals surface area (Å²) in [6.45, 7) is 2.28. The maximum Gasteiger partial charge on any atom is 0.185 e. The summed E-state index contributed by atoms with van der Waals surface area (Å²) in [7, 11) is 0. The van der Waals surface area contributed by atoms with Gasteiger partial charge in [0.2, 0.25) is 0 Å². The van der Waals surface area contributed by atoms with Gasteiger partial charge in [-0.15, -0.1) is 0 Å². The van der Waals surface area contributed by atoms with Crippen LogP contribution in [0.4, 0.5) is 0 Å². The monoisotopic (exact) mass is 342 g/mol. The zero-order valence-electron chi connectivity index (χ0n) is 16.3. The number of carbonyl (C=O) groups is 1. The van der Waals surface area contributed by atoms with Crippen molar-refractivity contribution in [2.24, 2.45) is 0 Å². The Balaban J connectivity index is 1.84. The highest BCUT2D eigenvalue weighted by Crippen LogP contribution is 2.13. The zero-order valence-corrected chi connectivity index (χ0v) is 16.3. The summed E-state index contributed by atoms with van der Waals surface area (Å²) in [5.74, 6) is 0.121. The van der Waals surface area contributed by atoms with E-state index < -0.39 is 0 Å². The summed E-state index contributed by atoms with van der Waals surface area (Å²) in [6.07, 6.45) is 22.8. The van der Waals surface area contributed by atoms with Gasteiger partial charge in [-0.05, 0) is 18.9 Å². The summed E-state index contributed by atoms with van der Waals surface area (Å²) >= 11 is 0. The van der Waals surface area contributed by atoms with Crippen molar-refractivity contribution in [2.75, 3.05) is 0 Å². The number of unbranched alkanes of at least 4 members (excludes halogenated alkanes) is 13. The van der Waals surface area contributed by atoms with Crippen LogP contribution in [0.2, 0.25) is 0 Å². The second-order valence-corrected chi connectivity index (χ2v) is 7.16. The number of carbonyl (C=O) groups excluding carboxylic acids is 1. The summed E-state index contributed by atoms with van der Waals surface area (Å²) in [6, 6.07) is 9.50. The predicted octanol–water partition coefficient (Wildman–Crippen LogP) is 7.91. The van der Waals surface area contributed by atoms with Gasteiger partial charge in [0.25, 0.3) is 0 Å². The van der Waals surface area contributed by atoms with Crippen LogP contribution in [0.1, 0.15) is 107 Å². The van der Waals surface area contributed by atoms with Gasteiger partial charge in [-0.1, -0.05) is 120 Å². The molecule has 25 heavy (non-hydrogen) atoms. The summed E-state index contributed by atoms with van der Waals surface area (Å²) < 4.78 is 0. The Kier molecular flexibility index (Phi) is 14.0. The molecule has 0 saturated carbocycles. The number of rotatable bonds is 16. The maximum atomic E-state index is 11.9. The van der Waals surface area contributed by atoms with Gasteiger partial charge in [0, 0.05) is 5.56 Å². The van der Waals surface area contributed by atoms with Crippen molar-refractivity contribution in [2.45, 2.75) is 96.8 Å². The molecule has 0 bridgehead atoms. The lowest BCUT2D eigenvalue weighted by Crippen LogP contribution is -1.92. The first-order valence-electron chi connectivity index (χ1n) is 10.6. The van der Waals surface area contributed by atoms with E-state index in [2.05, 4.69) is 6.92 Å². The molecule has 1 rings (SSSR count). The van der Waals surface area contributed by atoms with Crippen LogP contribution in [0.25, 0.3) is 0 Å². The second-order valence-electron chi connectivity index (χ2n) is 7.16. The van der Waals surface area contributed by atoms with E-state index in [0.717, 1.165) is 12.0 Å². The topological polar surface area (TPSA) is 17.1 Å². The highest BCUT2D eigenvalue weighted by atomic mass is 16.1. The van der Waals surface area contributed by atoms with Gasteiger partial charge in [-0.2, -0.15) is 0 Å². The Morgan fingerprint density at radius 2 is 1.20 bits per heavy atom. The van der Waals surface area contributed by atoms with Crippen LogP contribution in [0.5, 0.6) is 0 Å². The van der Waals surface area contributed by atoms with Crippen LogP contribution >= 0.6 is 0 Å². The second kappa shape index (κ2) is 16.1. The standard InChI is InChI=1S/C24H38O/c1-2-3-4-5-6-7-8-9-10-11-12-13-14-15-19-22-24(25)23-20-17-16-18-21-23/h16-22H,2-15H2,1H3. The largest absolute Gasteiger partial charge is 0.289 e. The molecule has 1 heteroatoms. The van der Waals surface area contributed by atoms with E-state index in [-0.39, 0.29) is 5.78 Å². The number of hydrogen-bond donors (Lipinski definition) is 0. The van der Waals surface area contributed by atoms with E-state index in [1.54, 1.807) is 6.08 Å². The van der Waals surface area contributed by atoms with Gasteiger partial charge in [0.1, 0.15) is 0 Å².